The average Bonchev–Trinajstić information content (AvgIpc) is 2.63. The van der Waals surface area contributed by atoms with E-state index in [0.29, 0.717) is 0 Å². The third-order valence-electron chi connectivity index (χ3n) is 5.43. The maximum Gasteiger partial charge on any atom is 0.0494 e. The molecule has 0 aliphatic carbocycles. The Morgan fingerprint density at radius 3 is 1.36 bits per heavy atom. The lowest BCUT2D eigenvalue weighted by Gasteiger charge is -2.17. The normalized spacial score (nSPS) is 12.6. The van der Waals surface area contributed by atoms with Crippen molar-refractivity contribution in [2.45, 2.75) is 136 Å². The van der Waals surface area contributed by atoms with Crippen LogP contribution in [0.2, 0.25) is 0 Å². The fourth-order valence-corrected chi connectivity index (χ4v) is 3.59. The third-order valence-corrected chi connectivity index (χ3v) is 5.43. The van der Waals surface area contributed by atoms with Crippen LogP contribution >= 0.6 is 0 Å². The van der Waals surface area contributed by atoms with Crippen molar-refractivity contribution in [1.29, 1.82) is 0 Å². The van der Waals surface area contributed by atoms with Crippen LogP contribution in [-0.2, 0) is 4.74 Å². The molecule has 0 saturated heterocycles. The molecule has 0 N–H and O–H groups in total. The zero-order valence-corrected chi connectivity index (χ0v) is 18.1. The molecule has 0 radical (unpaired) electrons. The smallest absolute Gasteiger partial charge is 0.0494 e. The number of ether oxygens (including phenoxy) is 1. The van der Waals surface area contributed by atoms with Gasteiger partial charge >= 0.3 is 0 Å². The standard InChI is InChI=1S/C24H50O/c1-4-7-10-12-13-14-15-16-17-19-21-24(20-18-11-8-5-2)23-25-22-9-6-3/h24H,4-23H2,1-3H3. The Morgan fingerprint density at radius 1 is 0.480 bits per heavy atom. The van der Waals surface area contributed by atoms with Gasteiger partial charge in [-0.1, -0.05) is 117 Å². The summed E-state index contributed by atoms with van der Waals surface area (Å²) in [4.78, 5) is 0. The summed E-state index contributed by atoms with van der Waals surface area (Å²) < 4.78 is 5.94. The summed E-state index contributed by atoms with van der Waals surface area (Å²) in [7, 11) is 0. The molecule has 0 heterocycles. The Kier molecular flexibility index (Phi) is 22.0. The summed E-state index contributed by atoms with van der Waals surface area (Å²) in [6, 6.07) is 0. The molecule has 0 aromatic carbocycles. The van der Waals surface area contributed by atoms with Crippen LogP contribution in [0.5, 0.6) is 0 Å². The lowest BCUT2D eigenvalue weighted by atomic mass is 9.95. The fraction of sp³-hybridized carbons (Fsp3) is 1.00. The molecule has 0 fully saturated rings. The summed E-state index contributed by atoms with van der Waals surface area (Å²) in [6.45, 7) is 8.83. The summed E-state index contributed by atoms with van der Waals surface area (Å²) in [5.41, 5.74) is 0. The van der Waals surface area contributed by atoms with Gasteiger partial charge in [0.1, 0.15) is 0 Å². The van der Waals surface area contributed by atoms with Crippen LogP contribution < -0.4 is 0 Å². The average molecular weight is 355 g/mol. The fourth-order valence-electron chi connectivity index (χ4n) is 3.59. The molecular formula is C24H50O. The second-order valence-corrected chi connectivity index (χ2v) is 8.11. The van der Waals surface area contributed by atoms with Gasteiger partial charge in [-0.05, 0) is 25.2 Å². The molecule has 1 unspecified atom stereocenters. The van der Waals surface area contributed by atoms with Crippen molar-refractivity contribution in [2.24, 2.45) is 5.92 Å². The van der Waals surface area contributed by atoms with Crippen LogP contribution in [-0.4, -0.2) is 13.2 Å². The van der Waals surface area contributed by atoms with E-state index in [0.717, 1.165) is 19.1 Å². The Bertz CT molecular complexity index is 214. The van der Waals surface area contributed by atoms with Crippen molar-refractivity contribution in [3.8, 4) is 0 Å². The minimum Gasteiger partial charge on any atom is -0.381 e. The van der Waals surface area contributed by atoms with Crippen molar-refractivity contribution in [3.05, 3.63) is 0 Å². The Morgan fingerprint density at radius 2 is 0.880 bits per heavy atom. The number of rotatable bonds is 21. The molecule has 1 nitrogen and oxygen atoms in total. The molecular weight excluding hydrogens is 304 g/mol. The topological polar surface area (TPSA) is 9.23 Å². The van der Waals surface area contributed by atoms with Crippen LogP contribution in [0.3, 0.4) is 0 Å². The summed E-state index contributed by atoms with van der Waals surface area (Å²) >= 11 is 0. The van der Waals surface area contributed by atoms with Gasteiger partial charge in [0.2, 0.25) is 0 Å². The summed E-state index contributed by atoms with van der Waals surface area (Å²) in [5.74, 6) is 0.822. The number of unbranched alkanes of at least 4 members (excludes halogenated alkanes) is 13. The molecule has 0 aliphatic rings. The van der Waals surface area contributed by atoms with Crippen LogP contribution in [0.1, 0.15) is 136 Å². The maximum atomic E-state index is 5.94. The van der Waals surface area contributed by atoms with Crippen LogP contribution in [0.25, 0.3) is 0 Å². The SMILES string of the molecule is CCCCCCCCCCCCC(CCCCCC)COCCCC. The lowest BCUT2D eigenvalue weighted by Crippen LogP contribution is -2.11. The van der Waals surface area contributed by atoms with Crippen molar-refractivity contribution in [2.75, 3.05) is 13.2 Å². The van der Waals surface area contributed by atoms with E-state index in [1.54, 1.807) is 0 Å². The first-order valence-corrected chi connectivity index (χ1v) is 11.9. The van der Waals surface area contributed by atoms with Crippen LogP contribution in [0, 0.1) is 5.92 Å². The minimum absolute atomic E-state index is 0.822. The number of hydrogen-bond acceptors (Lipinski definition) is 1. The van der Waals surface area contributed by atoms with E-state index in [4.69, 9.17) is 4.74 Å². The summed E-state index contributed by atoms with van der Waals surface area (Å²) in [5, 5.41) is 0. The van der Waals surface area contributed by atoms with Gasteiger partial charge in [-0.25, -0.2) is 0 Å². The zero-order valence-electron chi connectivity index (χ0n) is 18.1. The highest BCUT2D eigenvalue weighted by molar-refractivity contribution is 4.60. The molecule has 0 amide bonds. The first-order valence-electron chi connectivity index (χ1n) is 11.9. The highest BCUT2D eigenvalue weighted by Crippen LogP contribution is 2.19. The molecule has 1 atom stereocenters. The second-order valence-electron chi connectivity index (χ2n) is 8.11. The molecule has 0 saturated carbocycles. The second kappa shape index (κ2) is 22.0. The first kappa shape index (κ1) is 25.0. The molecule has 0 aromatic heterocycles. The predicted molar refractivity (Wildman–Crippen MR) is 114 cm³/mol. The molecule has 0 bridgehead atoms. The molecule has 152 valence electrons. The Labute approximate surface area is 160 Å². The van der Waals surface area contributed by atoms with Crippen molar-refractivity contribution in [1.82, 2.24) is 0 Å². The van der Waals surface area contributed by atoms with Crippen molar-refractivity contribution < 1.29 is 4.74 Å². The van der Waals surface area contributed by atoms with E-state index in [1.165, 1.54) is 116 Å². The molecule has 0 aliphatic heterocycles. The molecule has 0 aromatic rings. The van der Waals surface area contributed by atoms with Gasteiger partial charge in [-0.3, -0.25) is 0 Å². The zero-order chi connectivity index (χ0) is 18.4. The molecule has 25 heavy (non-hydrogen) atoms. The Balaban J connectivity index is 3.59. The van der Waals surface area contributed by atoms with Gasteiger partial charge < -0.3 is 4.74 Å². The van der Waals surface area contributed by atoms with Crippen molar-refractivity contribution >= 4 is 0 Å². The Hall–Kier alpha value is -0.0400. The third kappa shape index (κ3) is 20.1. The summed E-state index contributed by atoms with van der Waals surface area (Å²) in [6.07, 6.45) is 25.2. The minimum atomic E-state index is 0.822. The van der Waals surface area contributed by atoms with Crippen LogP contribution in [0.4, 0.5) is 0 Å². The predicted octanol–water partition coefficient (Wildman–Crippen LogP) is 8.70. The highest BCUT2D eigenvalue weighted by Gasteiger charge is 2.09. The van der Waals surface area contributed by atoms with E-state index in [2.05, 4.69) is 20.8 Å². The monoisotopic (exact) mass is 354 g/mol. The molecule has 1 heteroatoms. The van der Waals surface area contributed by atoms with Gasteiger partial charge in [-0.15, -0.1) is 0 Å². The molecule has 0 rings (SSSR count). The quantitative estimate of drug-likeness (QED) is 0.187. The van der Waals surface area contributed by atoms with Gasteiger partial charge in [0.05, 0.1) is 0 Å². The van der Waals surface area contributed by atoms with E-state index >= 15 is 0 Å². The van der Waals surface area contributed by atoms with Gasteiger partial charge in [0.15, 0.2) is 0 Å². The largest absolute Gasteiger partial charge is 0.381 e. The van der Waals surface area contributed by atoms with Crippen LogP contribution in [0.15, 0.2) is 0 Å². The van der Waals surface area contributed by atoms with Gasteiger partial charge in [0, 0.05) is 13.2 Å². The van der Waals surface area contributed by atoms with Gasteiger partial charge in [-0.2, -0.15) is 0 Å². The lowest BCUT2D eigenvalue weighted by molar-refractivity contribution is 0.0888. The highest BCUT2D eigenvalue weighted by atomic mass is 16.5. The van der Waals surface area contributed by atoms with E-state index in [1.807, 2.05) is 0 Å². The maximum absolute atomic E-state index is 5.94. The van der Waals surface area contributed by atoms with E-state index in [-0.39, 0.29) is 0 Å². The first-order chi connectivity index (χ1) is 12.3. The van der Waals surface area contributed by atoms with E-state index in [9.17, 15) is 0 Å². The van der Waals surface area contributed by atoms with Crippen molar-refractivity contribution in [3.63, 3.8) is 0 Å². The van der Waals surface area contributed by atoms with E-state index < -0.39 is 0 Å². The molecule has 0 spiro atoms. The number of hydrogen-bond donors (Lipinski definition) is 0. The van der Waals surface area contributed by atoms with Gasteiger partial charge in [0.25, 0.3) is 0 Å².